The van der Waals surface area contributed by atoms with Crippen molar-refractivity contribution in [2.45, 2.75) is 0 Å². The van der Waals surface area contributed by atoms with Crippen molar-refractivity contribution in [3.63, 3.8) is 0 Å². The van der Waals surface area contributed by atoms with Gasteiger partial charge < -0.3 is 0 Å². The van der Waals surface area contributed by atoms with Crippen LogP contribution in [-0.2, 0) is 0 Å². The molecule has 0 amide bonds. The molecule has 2 aromatic rings. The Balaban J connectivity index is 2.51. The first-order valence-corrected chi connectivity index (χ1v) is 5.10. The molecule has 2 heterocycles. The minimum absolute atomic E-state index is 1.05. The van der Waals surface area contributed by atoms with Gasteiger partial charge in [-0.05, 0) is 0 Å². The van der Waals surface area contributed by atoms with Gasteiger partial charge in [0.05, 0.1) is 0 Å². The van der Waals surface area contributed by atoms with Crippen LogP contribution >= 0.6 is 0 Å². The summed E-state index contributed by atoms with van der Waals surface area (Å²) in [5, 5.41) is 0. The van der Waals surface area contributed by atoms with E-state index in [4.69, 9.17) is 0 Å². The van der Waals surface area contributed by atoms with Gasteiger partial charge in [0, 0.05) is 0 Å². The van der Waals surface area contributed by atoms with Crippen molar-refractivity contribution in [2.24, 2.45) is 0 Å². The molecule has 2 rings (SSSR count). The molecule has 0 saturated carbocycles. The molecule has 57 valence electrons. The molecule has 2 aromatic heterocycles. The summed E-state index contributed by atoms with van der Waals surface area (Å²) in [7, 11) is 0. The van der Waals surface area contributed by atoms with Crippen LogP contribution in [0.2, 0.25) is 0 Å². The van der Waals surface area contributed by atoms with Crippen LogP contribution in [0.5, 0.6) is 0 Å². The number of hydrogen-bond donors (Lipinski definition) is 0. The second kappa shape index (κ2) is 3.21. The molecule has 12 heavy (non-hydrogen) atoms. The summed E-state index contributed by atoms with van der Waals surface area (Å²) in [5.74, 6) is 0. The van der Waals surface area contributed by atoms with Gasteiger partial charge in [-0.2, -0.15) is 0 Å². The van der Waals surface area contributed by atoms with Crippen molar-refractivity contribution in [2.75, 3.05) is 0 Å². The monoisotopic (exact) mass is 213 g/mol. The summed E-state index contributed by atoms with van der Waals surface area (Å²) in [6.45, 7) is 0. The van der Waals surface area contributed by atoms with Gasteiger partial charge in [0.1, 0.15) is 0 Å². The Kier molecular flexibility index (Phi) is 2.06. The second-order valence-electron chi connectivity index (χ2n) is 2.58. The van der Waals surface area contributed by atoms with E-state index in [1.54, 1.807) is 0 Å². The molecule has 0 atom stereocenters. The van der Waals surface area contributed by atoms with Gasteiger partial charge in [-0.15, -0.1) is 0 Å². The molecular weight excluding hydrogens is 206 g/mol. The summed E-state index contributed by atoms with van der Waals surface area (Å²) >= 11 is 1.11. The molecule has 1 radical (unpaired) electrons. The Labute approximate surface area is 81.4 Å². The summed E-state index contributed by atoms with van der Waals surface area (Å²) in [6.07, 6.45) is 3.90. The molecule has 0 aromatic carbocycles. The van der Waals surface area contributed by atoms with Crippen LogP contribution in [0, 0.1) is 0 Å². The third-order valence-corrected chi connectivity index (χ3v) is 2.91. The number of aromatic nitrogens is 2. The van der Waals surface area contributed by atoms with E-state index < -0.39 is 0 Å². The Morgan fingerprint density at radius 1 is 1.17 bits per heavy atom. The third kappa shape index (κ3) is 1.33. The van der Waals surface area contributed by atoms with Crippen LogP contribution in [-0.4, -0.2) is 27.1 Å². The molecular formula is C9H8GaN2. The van der Waals surface area contributed by atoms with Crippen LogP contribution < -0.4 is 0 Å². The van der Waals surface area contributed by atoms with Crippen molar-refractivity contribution in [1.82, 2.24) is 8.26 Å². The molecule has 0 aliphatic rings. The zero-order valence-corrected chi connectivity index (χ0v) is 9.61. The number of rotatable bonds is 1. The van der Waals surface area contributed by atoms with Gasteiger partial charge in [0.25, 0.3) is 0 Å². The molecule has 3 heteroatoms. The van der Waals surface area contributed by atoms with Crippen LogP contribution in [0.3, 0.4) is 0 Å². The summed E-state index contributed by atoms with van der Waals surface area (Å²) < 4.78 is 2.18. The van der Waals surface area contributed by atoms with Crippen molar-refractivity contribution < 1.29 is 0 Å². The Bertz CT molecular complexity index is 367. The summed E-state index contributed by atoms with van der Waals surface area (Å²) in [5.41, 5.74) is 2.25. The number of hydrogen-bond acceptors (Lipinski definition) is 1. The fourth-order valence-electron chi connectivity index (χ4n) is 1.16. The molecule has 0 spiro atoms. The fraction of sp³-hybridized carbons (Fsp3) is 0. The maximum atomic E-state index is 4.28. The van der Waals surface area contributed by atoms with E-state index in [9.17, 15) is 0 Å². The third-order valence-electron chi connectivity index (χ3n) is 1.76. The second-order valence-corrected chi connectivity index (χ2v) is 4.01. The predicted molar refractivity (Wildman–Crippen MR) is 50.2 cm³/mol. The summed E-state index contributed by atoms with van der Waals surface area (Å²) in [6, 6.07) is 10.1. The van der Waals surface area contributed by atoms with Gasteiger partial charge in [-0.3, -0.25) is 0 Å². The van der Waals surface area contributed by atoms with Gasteiger partial charge in [0.2, 0.25) is 0 Å². The average molecular weight is 214 g/mol. The number of nitrogens with zero attached hydrogens (tertiary/aromatic N) is 2. The van der Waals surface area contributed by atoms with Gasteiger partial charge >= 0.3 is 81.2 Å². The van der Waals surface area contributed by atoms with Gasteiger partial charge in [0.15, 0.2) is 0 Å². The Hall–Kier alpha value is -0.934. The van der Waals surface area contributed by atoms with E-state index in [0.29, 0.717) is 0 Å². The number of pyridine rings is 1. The molecule has 0 unspecified atom stereocenters. The summed E-state index contributed by atoms with van der Waals surface area (Å²) in [4.78, 5) is 4.28. The van der Waals surface area contributed by atoms with E-state index in [1.165, 1.54) is 5.69 Å². The molecule has 2 nitrogen and oxygen atoms in total. The van der Waals surface area contributed by atoms with E-state index in [0.717, 1.165) is 24.5 Å². The minimum atomic E-state index is 1.05. The molecule has 0 aliphatic carbocycles. The van der Waals surface area contributed by atoms with E-state index >= 15 is 0 Å². The average Bonchev–Trinajstić information content (AvgIpc) is 2.53. The zero-order chi connectivity index (χ0) is 8.39. The maximum absolute atomic E-state index is 4.28. The van der Waals surface area contributed by atoms with Crippen LogP contribution in [0.4, 0.5) is 0 Å². The van der Waals surface area contributed by atoms with E-state index in [2.05, 4.69) is 20.5 Å². The molecule has 0 N–H and O–H groups in total. The first kappa shape index (κ1) is 7.70. The SMILES string of the molecule is [GaH][n]1cccc1-c1ccccn1. The predicted octanol–water partition coefficient (Wildman–Crippen LogP) is 1.21. The zero-order valence-electron chi connectivity index (χ0n) is 6.64. The normalized spacial score (nSPS) is 10.0. The van der Waals surface area contributed by atoms with E-state index in [-0.39, 0.29) is 0 Å². The molecule has 0 aliphatic heterocycles. The molecule has 0 fully saturated rings. The van der Waals surface area contributed by atoms with Gasteiger partial charge in [-0.25, -0.2) is 0 Å². The fourth-order valence-corrected chi connectivity index (χ4v) is 1.98. The molecule has 0 bridgehead atoms. The Morgan fingerprint density at radius 3 is 2.67 bits per heavy atom. The van der Waals surface area contributed by atoms with Crippen molar-refractivity contribution >= 4 is 18.8 Å². The topological polar surface area (TPSA) is 17.8 Å². The van der Waals surface area contributed by atoms with Crippen molar-refractivity contribution in [3.8, 4) is 11.4 Å². The Morgan fingerprint density at radius 2 is 2.08 bits per heavy atom. The van der Waals surface area contributed by atoms with Crippen LogP contribution in [0.25, 0.3) is 11.4 Å². The van der Waals surface area contributed by atoms with E-state index in [1.807, 2.05) is 30.5 Å². The van der Waals surface area contributed by atoms with Gasteiger partial charge in [-0.1, -0.05) is 0 Å². The van der Waals surface area contributed by atoms with Crippen molar-refractivity contribution in [3.05, 3.63) is 42.7 Å². The standard InChI is InChI=1S/C9H7N2.Ga.H/c1-2-6-10-8(4-1)9-5-3-7-11-9;;/h1-7H;;/q-1;+1;. The van der Waals surface area contributed by atoms with Crippen LogP contribution in [0.15, 0.2) is 42.7 Å². The van der Waals surface area contributed by atoms with Crippen molar-refractivity contribution in [1.29, 1.82) is 0 Å². The first-order chi connectivity index (χ1) is 5.88. The quantitative estimate of drug-likeness (QED) is 0.652. The molecule has 0 saturated heterocycles. The van der Waals surface area contributed by atoms with Crippen LogP contribution in [0.1, 0.15) is 0 Å². The first-order valence-electron chi connectivity index (χ1n) is 3.77.